The van der Waals surface area contributed by atoms with Gasteiger partial charge in [0.2, 0.25) is 0 Å². The molecule has 2 heterocycles. The van der Waals surface area contributed by atoms with E-state index in [0.29, 0.717) is 17.6 Å². The van der Waals surface area contributed by atoms with Crippen LogP contribution in [0.1, 0.15) is 12.0 Å². The van der Waals surface area contributed by atoms with Gasteiger partial charge >= 0.3 is 0 Å². The first-order chi connectivity index (χ1) is 7.83. The van der Waals surface area contributed by atoms with Crippen molar-refractivity contribution in [2.45, 2.75) is 19.0 Å². The van der Waals surface area contributed by atoms with Gasteiger partial charge in [-0.2, -0.15) is 0 Å². The lowest BCUT2D eigenvalue weighted by molar-refractivity contribution is 0.376. The fourth-order valence-electron chi connectivity index (χ4n) is 2.94. The van der Waals surface area contributed by atoms with Gasteiger partial charge in [0.1, 0.15) is 17.3 Å². The number of rotatable bonds is 0. The maximum atomic E-state index is 13.6. The van der Waals surface area contributed by atoms with Crippen molar-refractivity contribution in [2.24, 2.45) is 10.9 Å². The van der Waals surface area contributed by atoms with Gasteiger partial charge in [0.15, 0.2) is 0 Å². The van der Waals surface area contributed by atoms with E-state index in [-0.39, 0.29) is 5.82 Å². The van der Waals surface area contributed by atoms with E-state index < -0.39 is 0 Å². The van der Waals surface area contributed by atoms with E-state index >= 15 is 0 Å². The second-order valence-electron chi connectivity index (χ2n) is 4.64. The van der Waals surface area contributed by atoms with Crippen LogP contribution in [-0.2, 0) is 6.54 Å². The van der Waals surface area contributed by atoms with E-state index in [9.17, 15) is 4.39 Å². The van der Waals surface area contributed by atoms with E-state index in [1.54, 1.807) is 6.07 Å². The monoisotopic (exact) mass is 214 g/mol. The predicted octanol–water partition coefficient (Wildman–Crippen LogP) is 2.63. The fourth-order valence-corrected chi connectivity index (χ4v) is 2.94. The van der Waals surface area contributed by atoms with Crippen molar-refractivity contribution < 1.29 is 4.39 Å². The Kier molecular flexibility index (Phi) is 1.45. The number of para-hydroxylation sites is 1. The molecule has 2 nitrogen and oxygen atoms in total. The summed E-state index contributed by atoms with van der Waals surface area (Å²) in [6.07, 6.45) is 5.56. The lowest BCUT2D eigenvalue weighted by atomic mass is 10.1. The molecular weight excluding hydrogens is 203 g/mol. The molecule has 0 spiro atoms. The van der Waals surface area contributed by atoms with Gasteiger partial charge in [-0.3, -0.25) is 0 Å². The highest BCUT2D eigenvalue weighted by Crippen LogP contribution is 2.40. The van der Waals surface area contributed by atoms with Crippen molar-refractivity contribution >= 4 is 11.5 Å². The maximum absolute atomic E-state index is 13.6. The largest absolute Gasteiger partial charge is 0.349 e. The zero-order valence-electron chi connectivity index (χ0n) is 8.73. The van der Waals surface area contributed by atoms with Gasteiger partial charge in [0, 0.05) is 24.1 Å². The number of hydrogen-bond acceptors (Lipinski definition) is 2. The number of aliphatic imine (C=N–C) groups is 1. The van der Waals surface area contributed by atoms with Gasteiger partial charge in [-0.25, -0.2) is 9.38 Å². The lowest BCUT2D eigenvalue weighted by Crippen LogP contribution is -2.36. The first-order valence-electron chi connectivity index (χ1n) is 5.64. The van der Waals surface area contributed by atoms with Crippen molar-refractivity contribution in [1.82, 2.24) is 4.90 Å². The lowest BCUT2D eigenvalue weighted by Gasteiger charge is -2.31. The van der Waals surface area contributed by atoms with E-state index in [4.69, 9.17) is 0 Å². The molecule has 0 N–H and O–H groups in total. The number of amidine groups is 1. The average molecular weight is 214 g/mol. The van der Waals surface area contributed by atoms with Gasteiger partial charge in [-0.15, -0.1) is 0 Å². The second kappa shape index (κ2) is 2.73. The van der Waals surface area contributed by atoms with Crippen LogP contribution in [0.2, 0.25) is 0 Å². The van der Waals surface area contributed by atoms with E-state index in [2.05, 4.69) is 22.0 Å². The van der Waals surface area contributed by atoms with Crippen molar-refractivity contribution in [3.63, 3.8) is 0 Å². The molecule has 4 rings (SSSR count). The van der Waals surface area contributed by atoms with Crippen LogP contribution in [0.5, 0.6) is 0 Å². The summed E-state index contributed by atoms with van der Waals surface area (Å²) in [6.45, 7) is 0.803. The van der Waals surface area contributed by atoms with Gasteiger partial charge < -0.3 is 4.90 Å². The quantitative estimate of drug-likeness (QED) is 0.606. The van der Waals surface area contributed by atoms with Gasteiger partial charge in [0.05, 0.1) is 0 Å². The first kappa shape index (κ1) is 8.50. The Bertz CT molecular complexity index is 533. The summed E-state index contributed by atoms with van der Waals surface area (Å²) in [6, 6.07) is 5.70. The third-order valence-electron chi connectivity index (χ3n) is 3.72. The van der Waals surface area contributed by atoms with Gasteiger partial charge in [-0.1, -0.05) is 24.3 Å². The summed E-state index contributed by atoms with van der Waals surface area (Å²) in [5.41, 5.74) is 1.56. The molecule has 1 fully saturated rings. The van der Waals surface area contributed by atoms with Gasteiger partial charge in [-0.05, 0) is 12.5 Å². The molecule has 3 aliphatic rings. The molecular formula is C13H11FN2. The Labute approximate surface area is 93.1 Å². The zero-order chi connectivity index (χ0) is 10.7. The standard InChI is InChI=1S/C13H11FN2/c14-11-3-1-2-9-7-16-10-5-4-8(6-10)13(16)15-12(9)11/h1-5,8,10H,6-7H2. The summed E-state index contributed by atoms with van der Waals surface area (Å²) in [4.78, 5) is 6.80. The Morgan fingerprint density at radius 1 is 1.31 bits per heavy atom. The minimum absolute atomic E-state index is 0.198. The molecule has 0 amide bonds. The summed E-state index contributed by atoms with van der Waals surface area (Å²) in [5, 5.41) is 0. The summed E-state index contributed by atoms with van der Waals surface area (Å²) >= 11 is 0. The van der Waals surface area contributed by atoms with Crippen molar-refractivity contribution in [3.8, 4) is 0 Å². The van der Waals surface area contributed by atoms with Crippen LogP contribution in [0.4, 0.5) is 10.1 Å². The molecule has 1 saturated heterocycles. The van der Waals surface area contributed by atoms with Crippen LogP contribution in [0, 0.1) is 11.7 Å². The number of fused-ring (bicyclic) bond motifs is 6. The normalized spacial score (nSPS) is 29.1. The molecule has 0 saturated carbocycles. The van der Waals surface area contributed by atoms with Crippen LogP contribution >= 0.6 is 0 Å². The van der Waals surface area contributed by atoms with Crippen molar-refractivity contribution in [3.05, 3.63) is 41.7 Å². The Morgan fingerprint density at radius 2 is 2.25 bits per heavy atom. The SMILES string of the molecule is Fc1cccc2c1N=C1C3C=CC(C3)N1C2. The molecule has 1 aliphatic carbocycles. The molecule has 2 bridgehead atoms. The summed E-state index contributed by atoms with van der Waals surface area (Å²) in [7, 11) is 0. The number of nitrogens with zero attached hydrogens (tertiary/aromatic N) is 2. The minimum Gasteiger partial charge on any atom is -0.349 e. The summed E-state index contributed by atoms with van der Waals surface area (Å²) in [5.74, 6) is 1.28. The molecule has 2 unspecified atom stereocenters. The molecule has 2 aliphatic heterocycles. The summed E-state index contributed by atoms with van der Waals surface area (Å²) < 4.78 is 13.6. The maximum Gasteiger partial charge on any atom is 0.149 e. The number of benzene rings is 1. The second-order valence-corrected chi connectivity index (χ2v) is 4.64. The number of halogens is 1. The zero-order valence-corrected chi connectivity index (χ0v) is 8.73. The van der Waals surface area contributed by atoms with Crippen LogP contribution in [0.25, 0.3) is 0 Å². The van der Waals surface area contributed by atoms with E-state index in [0.717, 1.165) is 24.4 Å². The van der Waals surface area contributed by atoms with Crippen LogP contribution < -0.4 is 0 Å². The average Bonchev–Trinajstić information content (AvgIpc) is 2.88. The Morgan fingerprint density at radius 3 is 3.19 bits per heavy atom. The van der Waals surface area contributed by atoms with E-state index in [1.165, 1.54) is 6.07 Å². The Balaban J connectivity index is 1.91. The highest BCUT2D eigenvalue weighted by atomic mass is 19.1. The molecule has 0 radical (unpaired) electrons. The van der Waals surface area contributed by atoms with Crippen LogP contribution in [0.3, 0.4) is 0 Å². The van der Waals surface area contributed by atoms with Gasteiger partial charge in [0.25, 0.3) is 0 Å². The first-order valence-corrected chi connectivity index (χ1v) is 5.64. The smallest absolute Gasteiger partial charge is 0.149 e. The third-order valence-corrected chi connectivity index (χ3v) is 3.72. The Hall–Kier alpha value is -1.64. The number of hydrogen-bond donors (Lipinski definition) is 0. The molecule has 1 aromatic carbocycles. The molecule has 80 valence electrons. The van der Waals surface area contributed by atoms with Crippen molar-refractivity contribution in [1.29, 1.82) is 0 Å². The van der Waals surface area contributed by atoms with Crippen LogP contribution in [0.15, 0.2) is 35.3 Å². The van der Waals surface area contributed by atoms with Crippen molar-refractivity contribution in [2.75, 3.05) is 0 Å². The predicted molar refractivity (Wildman–Crippen MR) is 60.1 cm³/mol. The topological polar surface area (TPSA) is 15.6 Å². The molecule has 3 heteroatoms. The molecule has 0 aromatic heterocycles. The highest BCUT2D eigenvalue weighted by Gasteiger charge is 2.41. The molecule has 1 aromatic rings. The molecule has 16 heavy (non-hydrogen) atoms. The molecule has 2 atom stereocenters. The van der Waals surface area contributed by atoms with E-state index in [1.807, 2.05) is 6.07 Å². The third kappa shape index (κ3) is 0.932. The van der Waals surface area contributed by atoms with Crippen LogP contribution in [-0.4, -0.2) is 16.8 Å². The fraction of sp³-hybridized carbons (Fsp3) is 0.308. The highest BCUT2D eigenvalue weighted by molar-refractivity contribution is 5.93. The minimum atomic E-state index is -0.198.